The standard InChI is InChI=1S/C36H28F7N9O2/c37-25-8-6-24(7-9-25)34(11-2-12-35(38,39)40)32(54)51(33(44)49-34)18-21-5-10-28(36(41,42)43)27(15-21)31(53)50-19-23-17-45-30(48-29(23)20-50)22-3-1-4-26(16-22)52-46-13-14-47-52/h1,3-10,13-17H,2,11-12,18-20H2,(H2,44,49)/t34-/m1/s1. The van der Waals surface area contributed by atoms with E-state index < -0.39 is 78.4 Å². The Balaban J connectivity index is 1.14. The minimum absolute atomic E-state index is 0.0633. The third kappa shape index (κ3) is 7.10. The van der Waals surface area contributed by atoms with Crippen LogP contribution in [0, 0.1) is 5.82 Å². The summed E-state index contributed by atoms with van der Waals surface area (Å²) in [5.41, 5.74) is 4.67. The molecule has 2 aromatic heterocycles. The normalized spacial score (nSPS) is 17.2. The predicted octanol–water partition coefficient (Wildman–Crippen LogP) is 6.32. The van der Waals surface area contributed by atoms with E-state index in [2.05, 4.69) is 25.2 Å². The molecule has 54 heavy (non-hydrogen) atoms. The lowest BCUT2D eigenvalue weighted by atomic mass is 9.84. The second kappa shape index (κ2) is 13.7. The fourth-order valence-electron chi connectivity index (χ4n) is 6.57. The number of carbonyl (C=O) groups excluding carboxylic acids is 2. The summed E-state index contributed by atoms with van der Waals surface area (Å²) in [5.74, 6) is -2.55. The number of aliphatic imine (C=N–C) groups is 1. The summed E-state index contributed by atoms with van der Waals surface area (Å²) >= 11 is 0. The Morgan fingerprint density at radius 3 is 2.37 bits per heavy atom. The van der Waals surface area contributed by atoms with Gasteiger partial charge in [-0.3, -0.25) is 14.5 Å². The quantitative estimate of drug-likeness (QED) is 0.174. The van der Waals surface area contributed by atoms with Gasteiger partial charge in [-0.2, -0.15) is 41.3 Å². The van der Waals surface area contributed by atoms with E-state index in [4.69, 9.17) is 5.73 Å². The molecular weight excluding hydrogens is 723 g/mol. The van der Waals surface area contributed by atoms with Crippen LogP contribution in [0.1, 0.15) is 57.6 Å². The lowest BCUT2D eigenvalue weighted by molar-refractivity contribution is -0.139. The molecule has 0 radical (unpaired) electrons. The lowest BCUT2D eigenvalue weighted by Crippen LogP contribution is -2.42. The summed E-state index contributed by atoms with van der Waals surface area (Å²) in [5, 5.41) is 8.21. The topological polar surface area (TPSA) is 135 Å². The van der Waals surface area contributed by atoms with Gasteiger partial charge in [-0.25, -0.2) is 19.4 Å². The zero-order chi connectivity index (χ0) is 38.4. The molecule has 0 spiro atoms. The molecule has 2 aliphatic rings. The summed E-state index contributed by atoms with van der Waals surface area (Å²) in [6, 6.07) is 14.3. The van der Waals surface area contributed by atoms with Gasteiger partial charge in [0.25, 0.3) is 11.8 Å². The van der Waals surface area contributed by atoms with Gasteiger partial charge in [0, 0.05) is 30.3 Å². The molecule has 1 atom stereocenters. The van der Waals surface area contributed by atoms with Gasteiger partial charge in [0.15, 0.2) is 17.3 Å². The molecule has 3 aromatic carbocycles. The summed E-state index contributed by atoms with van der Waals surface area (Å²) in [4.78, 5) is 44.6. The number of hydrogen-bond acceptors (Lipinski definition) is 8. The van der Waals surface area contributed by atoms with E-state index in [-0.39, 0.29) is 24.2 Å². The van der Waals surface area contributed by atoms with E-state index in [0.29, 0.717) is 28.3 Å². The Labute approximate surface area is 301 Å². The molecule has 4 heterocycles. The van der Waals surface area contributed by atoms with Crippen molar-refractivity contribution in [2.24, 2.45) is 10.7 Å². The van der Waals surface area contributed by atoms with Crippen molar-refractivity contribution >= 4 is 17.8 Å². The maximum atomic E-state index is 14.3. The number of nitrogens with two attached hydrogens (primary N) is 1. The van der Waals surface area contributed by atoms with Gasteiger partial charge >= 0.3 is 12.4 Å². The third-order valence-electron chi connectivity index (χ3n) is 9.16. The molecule has 278 valence electrons. The van der Waals surface area contributed by atoms with Crippen molar-refractivity contribution in [3.63, 3.8) is 0 Å². The van der Waals surface area contributed by atoms with Crippen molar-refractivity contribution in [1.82, 2.24) is 34.8 Å². The van der Waals surface area contributed by atoms with E-state index in [1.807, 2.05) is 0 Å². The number of nitrogens with zero attached hydrogens (tertiary/aromatic N) is 8. The van der Waals surface area contributed by atoms with Crippen molar-refractivity contribution in [1.29, 1.82) is 0 Å². The number of amides is 2. The van der Waals surface area contributed by atoms with Crippen LogP contribution in [0.5, 0.6) is 0 Å². The van der Waals surface area contributed by atoms with Crippen LogP contribution in [0.15, 0.2) is 90.3 Å². The molecule has 0 unspecified atom stereocenters. The Hall–Kier alpha value is -6.20. The first-order valence-corrected chi connectivity index (χ1v) is 16.4. The number of guanidine groups is 1. The Morgan fingerprint density at radius 2 is 1.67 bits per heavy atom. The highest BCUT2D eigenvalue weighted by Gasteiger charge is 2.49. The van der Waals surface area contributed by atoms with Crippen LogP contribution in [0.3, 0.4) is 0 Å². The Bertz CT molecular complexity index is 2260. The molecule has 7 rings (SSSR count). The molecule has 2 aliphatic heterocycles. The first kappa shape index (κ1) is 36.2. The molecular formula is C36H28F7N9O2. The van der Waals surface area contributed by atoms with Crippen molar-refractivity contribution in [2.45, 2.75) is 56.8 Å². The van der Waals surface area contributed by atoms with Crippen molar-refractivity contribution in [3.8, 4) is 17.1 Å². The summed E-state index contributed by atoms with van der Waals surface area (Å²) in [6.45, 7) is -0.652. The number of rotatable bonds is 9. The number of benzene rings is 3. The Kier molecular flexibility index (Phi) is 9.14. The van der Waals surface area contributed by atoms with Crippen LogP contribution in [-0.4, -0.2) is 58.7 Å². The van der Waals surface area contributed by atoms with Gasteiger partial charge in [-0.05, 0) is 60.4 Å². The van der Waals surface area contributed by atoms with Gasteiger partial charge in [0.2, 0.25) is 0 Å². The summed E-state index contributed by atoms with van der Waals surface area (Å²) in [7, 11) is 0. The maximum absolute atomic E-state index is 14.3. The van der Waals surface area contributed by atoms with Gasteiger partial charge in [0.05, 0.1) is 48.0 Å². The molecule has 18 heteroatoms. The van der Waals surface area contributed by atoms with Gasteiger partial charge in [-0.15, -0.1) is 0 Å². The van der Waals surface area contributed by atoms with Gasteiger partial charge < -0.3 is 10.6 Å². The molecule has 0 saturated carbocycles. The largest absolute Gasteiger partial charge is 0.417 e. The van der Waals surface area contributed by atoms with Crippen molar-refractivity contribution in [3.05, 3.63) is 125 Å². The highest BCUT2D eigenvalue weighted by atomic mass is 19.4. The van der Waals surface area contributed by atoms with E-state index in [9.17, 15) is 40.3 Å². The van der Waals surface area contributed by atoms with E-state index in [0.717, 1.165) is 35.2 Å². The average Bonchev–Trinajstić information content (AvgIpc) is 3.87. The van der Waals surface area contributed by atoms with Gasteiger partial charge in [0.1, 0.15) is 5.82 Å². The first-order valence-electron chi connectivity index (χ1n) is 16.4. The van der Waals surface area contributed by atoms with Crippen LogP contribution in [0.25, 0.3) is 17.1 Å². The van der Waals surface area contributed by atoms with Crippen LogP contribution in [0.2, 0.25) is 0 Å². The Morgan fingerprint density at radius 1 is 0.926 bits per heavy atom. The minimum Gasteiger partial charge on any atom is -0.369 e. The van der Waals surface area contributed by atoms with Crippen LogP contribution in [0.4, 0.5) is 30.7 Å². The van der Waals surface area contributed by atoms with E-state index in [1.165, 1.54) is 40.4 Å². The van der Waals surface area contributed by atoms with Crippen LogP contribution >= 0.6 is 0 Å². The van der Waals surface area contributed by atoms with E-state index >= 15 is 0 Å². The van der Waals surface area contributed by atoms with Crippen LogP contribution < -0.4 is 5.73 Å². The zero-order valence-corrected chi connectivity index (χ0v) is 27.9. The van der Waals surface area contributed by atoms with Crippen molar-refractivity contribution in [2.75, 3.05) is 0 Å². The molecule has 0 bridgehead atoms. The van der Waals surface area contributed by atoms with Crippen molar-refractivity contribution < 1.29 is 40.3 Å². The third-order valence-corrected chi connectivity index (χ3v) is 9.16. The molecule has 0 aliphatic carbocycles. The zero-order valence-electron chi connectivity index (χ0n) is 27.9. The number of fused-ring (bicyclic) bond motifs is 1. The number of hydrogen-bond donors (Lipinski definition) is 1. The number of alkyl halides is 6. The highest BCUT2D eigenvalue weighted by molar-refractivity contribution is 6.07. The maximum Gasteiger partial charge on any atom is 0.417 e. The fourth-order valence-corrected chi connectivity index (χ4v) is 6.57. The second-order valence-corrected chi connectivity index (χ2v) is 12.8. The molecule has 2 N–H and O–H groups in total. The average molecular weight is 752 g/mol. The highest BCUT2D eigenvalue weighted by Crippen LogP contribution is 2.40. The van der Waals surface area contributed by atoms with E-state index in [1.54, 1.807) is 24.3 Å². The lowest BCUT2D eigenvalue weighted by Gasteiger charge is -2.27. The summed E-state index contributed by atoms with van der Waals surface area (Å²) in [6.07, 6.45) is -7.09. The van der Waals surface area contributed by atoms with Gasteiger partial charge in [-0.1, -0.05) is 30.3 Å². The smallest absolute Gasteiger partial charge is 0.369 e. The number of carbonyl (C=O) groups is 2. The minimum atomic E-state index is -4.93. The second-order valence-electron chi connectivity index (χ2n) is 12.8. The first-order chi connectivity index (χ1) is 25.6. The summed E-state index contributed by atoms with van der Waals surface area (Å²) < 4.78 is 95.9. The number of aromatic nitrogens is 5. The fraction of sp³-hybridized carbons (Fsp3) is 0.250. The molecule has 5 aromatic rings. The van der Waals surface area contributed by atoms with Crippen LogP contribution in [-0.2, 0) is 36.1 Å². The molecule has 0 fully saturated rings. The number of halogens is 7. The molecule has 2 amide bonds. The molecule has 0 saturated heterocycles. The predicted molar refractivity (Wildman–Crippen MR) is 178 cm³/mol. The molecule has 11 nitrogen and oxygen atoms in total. The SMILES string of the molecule is NC1=N[C@](CCCC(F)(F)F)(c2ccc(F)cc2)C(=O)N1Cc1ccc(C(F)(F)F)c(C(=O)N2Cc3cnc(-c4cccc(-n5nccn5)c4)nc3C2)c1. The monoisotopic (exact) mass is 751 g/mol.